The topological polar surface area (TPSA) is 61.1 Å². The molecule has 3 nitrogen and oxygen atoms in total. The van der Waals surface area contributed by atoms with Gasteiger partial charge >= 0.3 is 5.97 Å². The van der Waals surface area contributed by atoms with Crippen LogP contribution in [-0.2, 0) is 0 Å². The summed E-state index contributed by atoms with van der Waals surface area (Å²) in [5.74, 6) is -1.08. The Kier molecular flexibility index (Phi) is 4.36. The molecule has 0 aliphatic rings. The van der Waals surface area contributed by atoms with Gasteiger partial charge in [0.25, 0.3) is 0 Å². The zero-order valence-corrected chi connectivity index (χ0v) is 13.6. The van der Waals surface area contributed by atoms with Crippen molar-refractivity contribution in [3.8, 4) is 17.2 Å². The fraction of sp³-hybridized carbons (Fsp3) is 0. The normalized spacial score (nSPS) is 10.2. The number of hydrogen-bond donors (Lipinski definition) is 1. The second-order valence-electron chi connectivity index (χ2n) is 3.50. The van der Waals surface area contributed by atoms with Crippen molar-refractivity contribution in [3.63, 3.8) is 0 Å². The molecule has 0 aliphatic heterocycles. The number of hydrogen-bond acceptors (Lipinski definition) is 3. The lowest BCUT2D eigenvalue weighted by molar-refractivity contribution is 0.0703. The molecule has 19 heavy (non-hydrogen) atoms. The average molecular weight is 424 g/mol. The van der Waals surface area contributed by atoms with Gasteiger partial charge in [-0.2, -0.15) is 5.26 Å². The van der Waals surface area contributed by atoms with Crippen LogP contribution in [0.25, 0.3) is 11.1 Å². The fourth-order valence-electron chi connectivity index (χ4n) is 1.60. The van der Waals surface area contributed by atoms with E-state index in [0.29, 0.717) is 29.6 Å². The van der Waals surface area contributed by atoms with E-state index in [9.17, 15) is 15.2 Å². The molecule has 0 amide bonds. The van der Waals surface area contributed by atoms with E-state index in [-0.39, 0.29) is 4.88 Å². The maximum Gasteiger partial charge on any atom is 0.346 e. The van der Waals surface area contributed by atoms with Gasteiger partial charge in [-0.25, -0.2) is 4.79 Å². The molecular weight excluding hydrogens is 420 g/mol. The summed E-state index contributed by atoms with van der Waals surface area (Å²) in [6.07, 6.45) is 0. The third kappa shape index (κ3) is 2.72. The molecule has 2 aromatic rings. The Hall–Kier alpha value is -0.810. The first-order valence-corrected chi connectivity index (χ1v) is 7.52. The zero-order chi connectivity index (χ0) is 14.2. The first kappa shape index (κ1) is 14.6. The lowest BCUT2D eigenvalue weighted by atomic mass is 10.0. The molecule has 0 saturated heterocycles. The Morgan fingerprint density at radius 1 is 1.42 bits per heavy atom. The molecule has 0 aliphatic carbocycles. The summed E-state index contributed by atoms with van der Waals surface area (Å²) in [7, 11) is 0. The van der Waals surface area contributed by atoms with Crippen LogP contribution in [0.15, 0.2) is 18.2 Å². The summed E-state index contributed by atoms with van der Waals surface area (Å²) < 4.78 is 0.624. The third-order valence-corrected chi connectivity index (χ3v) is 5.09. The number of benzene rings is 1. The van der Waals surface area contributed by atoms with E-state index in [2.05, 4.69) is 0 Å². The van der Waals surface area contributed by atoms with Gasteiger partial charge in [0.05, 0.1) is 8.45 Å². The SMILES string of the molecule is N#Cc1c(I)sc(C(=O)O)c1-c1ccc(Cl)cc1Cl. The van der Waals surface area contributed by atoms with Gasteiger partial charge in [0, 0.05) is 21.2 Å². The Balaban J connectivity index is 2.81. The van der Waals surface area contributed by atoms with E-state index >= 15 is 0 Å². The highest BCUT2D eigenvalue weighted by atomic mass is 127. The van der Waals surface area contributed by atoms with Gasteiger partial charge in [-0.05, 0) is 34.7 Å². The highest BCUT2D eigenvalue weighted by Gasteiger charge is 2.24. The van der Waals surface area contributed by atoms with E-state index in [1.807, 2.05) is 28.7 Å². The predicted octanol–water partition coefficient (Wildman–Crippen LogP) is 4.90. The van der Waals surface area contributed by atoms with Gasteiger partial charge in [0.2, 0.25) is 0 Å². The van der Waals surface area contributed by atoms with Gasteiger partial charge in [-0.3, -0.25) is 0 Å². The molecule has 1 aromatic heterocycles. The lowest BCUT2D eigenvalue weighted by Gasteiger charge is -2.05. The Bertz CT molecular complexity index is 721. The largest absolute Gasteiger partial charge is 0.477 e. The maximum atomic E-state index is 11.3. The number of carboxylic acid groups (broad SMARTS) is 1. The minimum atomic E-state index is -1.08. The van der Waals surface area contributed by atoms with Crippen LogP contribution in [0.5, 0.6) is 0 Å². The molecule has 1 N–H and O–H groups in total. The first-order valence-electron chi connectivity index (χ1n) is 4.86. The van der Waals surface area contributed by atoms with E-state index in [1.165, 1.54) is 6.07 Å². The van der Waals surface area contributed by atoms with Crippen LogP contribution in [0.1, 0.15) is 15.2 Å². The van der Waals surface area contributed by atoms with E-state index in [4.69, 9.17) is 23.2 Å². The number of halogens is 3. The van der Waals surface area contributed by atoms with Crippen LogP contribution in [-0.4, -0.2) is 11.1 Å². The van der Waals surface area contributed by atoms with Gasteiger partial charge in [-0.15, -0.1) is 11.3 Å². The molecule has 2 rings (SSSR count). The van der Waals surface area contributed by atoms with Crippen LogP contribution < -0.4 is 0 Å². The van der Waals surface area contributed by atoms with Crippen molar-refractivity contribution in [1.29, 1.82) is 5.26 Å². The van der Waals surface area contributed by atoms with Crippen LogP contribution in [0.2, 0.25) is 10.0 Å². The van der Waals surface area contributed by atoms with Crippen molar-refractivity contribution >= 4 is 63.1 Å². The molecule has 1 aromatic carbocycles. The van der Waals surface area contributed by atoms with Gasteiger partial charge < -0.3 is 5.11 Å². The van der Waals surface area contributed by atoms with Crippen LogP contribution in [0, 0.1) is 14.2 Å². The number of nitrogens with zero attached hydrogens (tertiary/aromatic N) is 1. The predicted molar refractivity (Wildman–Crippen MR) is 84.2 cm³/mol. The van der Waals surface area contributed by atoms with Crippen molar-refractivity contribution in [2.45, 2.75) is 0 Å². The monoisotopic (exact) mass is 423 g/mol. The summed E-state index contributed by atoms with van der Waals surface area (Å²) >= 11 is 14.9. The van der Waals surface area contributed by atoms with E-state index in [0.717, 1.165) is 11.3 Å². The fourth-order valence-corrected chi connectivity index (χ4v) is 3.99. The summed E-state index contributed by atoms with van der Waals surface area (Å²) in [4.78, 5) is 11.4. The van der Waals surface area contributed by atoms with Crippen molar-refractivity contribution in [2.75, 3.05) is 0 Å². The molecule has 0 atom stereocenters. The lowest BCUT2D eigenvalue weighted by Crippen LogP contribution is -1.96. The quantitative estimate of drug-likeness (QED) is 0.699. The number of aromatic carboxylic acids is 1. The average Bonchev–Trinajstić information content (AvgIpc) is 2.66. The summed E-state index contributed by atoms with van der Waals surface area (Å²) in [5, 5.41) is 19.2. The molecule has 0 fully saturated rings. The number of carboxylic acids is 1. The second kappa shape index (κ2) is 5.67. The summed E-state index contributed by atoms with van der Waals surface area (Å²) in [6, 6.07) is 6.78. The Morgan fingerprint density at radius 3 is 2.63 bits per heavy atom. The van der Waals surface area contributed by atoms with Gasteiger partial charge in [-0.1, -0.05) is 29.3 Å². The Labute approximate surface area is 136 Å². The minimum Gasteiger partial charge on any atom is -0.477 e. The van der Waals surface area contributed by atoms with Gasteiger partial charge in [0.15, 0.2) is 0 Å². The van der Waals surface area contributed by atoms with Crippen LogP contribution in [0.3, 0.4) is 0 Å². The third-order valence-electron chi connectivity index (χ3n) is 2.37. The zero-order valence-electron chi connectivity index (χ0n) is 9.08. The van der Waals surface area contributed by atoms with Crippen molar-refractivity contribution in [1.82, 2.24) is 0 Å². The highest BCUT2D eigenvalue weighted by Crippen LogP contribution is 2.40. The molecule has 0 saturated carbocycles. The minimum absolute atomic E-state index is 0.102. The first-order chi connectivity index (χ1) is 8.95. The standard InChI is InChI=1S/C12H4Cl2INO2S/c13-5-1-2-6(8(14)3-5)9-7(4-16)11(15)19-10(9)12(17)18/h1-3H,(H,17,18). The van der Waals surface area contributed by atoms with Gasteiger partial charge in [0.1, 0.15) is 10.9 Å². The molecule has 7 heteroatoms. The number of carbonyl (C=O) groups is 1. The van der Waals surface area contributed by atoms with Crippen LogP contribution in [0.4, 0.5) is 0 Å². The number of rotatable bonds is 2. The van der Waals surface area contributed by atoms with E-state index in [1.54, 1.807) is 12.1 Å². The molecule has 0 spiro atoms. The molecule has 1 heterocycles. The van der Waals surface area contributed by atoms with Crippen molar-refractivity contribution < 1.29 is 9.90 Å². The van der Waals surface area contributed by atoms with E-state index < -0.39 is 5.97 Å². The summed E-state index contributed by atoms with van der Waals surface area (Å²) in [5.41, 5.74) is 1.18. The summed E-state index contributed by atoms with van der Waals surface area (Å²) in [6.45, 7) is 0. The Morgan fingerprint density at radius 2 is 2.11 bits per heavy atom. The molecule has 0 radical (unpaired) electrons. The molecule has 96 valence electrons. The van der Waals surface area contributed by atoms with Crippen molar-refractivity contribution in [2.24, 2.45) is 0 Å². The smallest absolute Gasteiger partial charge is 0.346 e. The molecular formula is C12H4Cl2INO2S. The van der Waals surface area contributed by atoms with Crippen molar-refractivity contribution in [3.05, 3.63) is 41.6 Å². The highest BCUT2D eigenvalue weighted by molar-refractivity contribution is 14.1. The van der Waals surface area contributed by atoms with Crippen LogP contribution >= 0.6 is 57.1 Å². The molecule has 0 bridgehead atoms. The maximum absolute atomic E-state index is 11.3. The number of thiophene rings is 1. The number of nitriles is 1. The molecule has 0 unspecified atom stereocenters. The second-order valence-corrected chi connectivity index (χ2v) is 7.17.